The van der Waals surface area contributed by atoms with Gasteiger partial charge in [-0.15, -0.1) is 0 Å². The molecule has 0 saturated heterocycles. The Bertz CT molecular complexity index is 639. The number of halogens is 1. The topological polar surface area (TPSA) is 64.3 Å². The minimum absolute atomic E-state index is 0.240. The quantitative estimate of drug-likeness (QED) is 0.825. The van der Waals surface area contributed by atoms with Crippen molar-refractivity contribution in [2.75, 3.05) is 11.1 Å². The van der Waals surface area contributed by atoms with E-state index in [-0.39, 0.29) is 5.91 Å². The fraction of sp³-hybridized carbons (Fsp3) is 0.188. The third kappa shape index (κ3) is 4.23. The van der Waals surface area contributed by atoms with E-state index < -0.39 is 5.60 Å². The first-order valence-electron chi connectivity index (χ1n) is 6.48. The largest absolute Gasteiger partial charge is 0.478 e. The van der Waals surface area contributed by atoms with Crippen molar-refractivity contribution in [1.82, 2.24) is 0 Å². The van der Waals surface area contributed by atoms with Gasteiger partial charge in [-0.05, 0) is 56.3 Å². The van der Waals surface area contributed by atoms with Gasteiger partial charge in [-0.25, -0.2) is 0 Å². The predicted molar refractivity (Wildman–Crippen MR) is 88.3 cm³/mol. The maximum atomic E-state index is 12.3. The molecule has 21 heavy (non-hydrogen) atoms. The van der Waals surface area contributed by atoms with E-state index in [1.807, 2.05) is 12.1 Å². The van der Waals surface area contributed by atoms with Crippen molar-refractivity contribution in [3.8, 4) is 5.75 Å². The van der Waals surface area contributed by atoms with E-state index >= 15 is 0 Å². The number of rotatable bonds is 4. The molecule has 0 aliphatic heterocycles. The minimum Gasteiger partial charge on any atom is -0.478 e. The van der Waals surface area contributed by atoms with Crippen LogP contribution in [0.15, 0.2) is 53.0 Å². The molecule has 0 radical (unpaired) electrons. The maximum absolute atomic E-state index is 12.3. The molecule has 2 rings (SSSR count). The van der Waals surface area contributed by atoms with Crippen LogP contribution in [0.4, 0.5) is 11.4 Å². The average molecular weight is 349 g/mol. The molecule has 0 fully saturated rings. The van der Waals surface area contributed by atoms with Gasteiger partial charge in [0.1, 0.15) is 5.75 Å². The van der Waals surface area contributed by atoms with Crippen LogP contribution in [-0.2, 0) is 4.79 Å². The van der Waals surface area contributed by atoms with E-state index in [4.69, 9.17) is 10.5 Å². The van der Waals surface area contributed by atoms with Gasteiger partial charge in [0.25, 0.3) is 5.91 Å². The highest BCUT2D eigenvalue weighted by molar-refractivity contribution is 9.10. The first-order chi connectivity index (χ1) is 9.87. The zero-order chi connectivity index (χ0) is 15.5. The van der Waals surface area contributed by atoms with E-state index in [1.165, 1.54) is 0 Å². The predicted octanol–water partition coefficient (Wildman–Crippen LogP) is 3.83. The lowest BCUT2D eigenvalue weighted by molar-refractivity contribution is -0.128. The normalized spacial score (nSPS) is 11.0. The molecule has 0 heterocycles. The molecule has 0 saturated carbocycles. The zero-order valence-corrected chi connectivity index (χ0v) is 13.5. The molecule has 0 unspecified atom stereocenters. The lowest BCUT2D eigenvalue weighted by Crippen LogP contribution is -2.42. The number of nitrogen functional groups attached to an aromatic ring is 1. The van der Waals surface area contributed by atoms with Crippen LogP contribution in [0.1, 0.15) is 13.8 Å². The van der Waals surface area contributed by atoms with Crippen LogP contribution in [-0.4, -0.2) is 11.5 Å². The van der Waals surface area contributed by atoms with Gasteiger partial charge >= 0.3 is 0 Å². The van der Waals surface area contributed by atoms with E-state index in [2.05, 4.69) is 21.2 Å². The molecule has 2 aromatic rings. The Hall–Kier alpha value is -2.01. The summed E-state index contributed by atoms with van der Waals surface area (Å²) in [5, 5.41) is 2.80. The Labute approximate surface area is 132 Å². The molecule has 110 valence electrons. The molecular formula is C16H17BrN2O2. The lowest BCUT2D eigenvalue weighted by Gasteiger charge is -2.25. The molecular weight excluding hydrogens is 332 g/mol. The summed E-state index contributed by atoms with van der Waals surface area (Å²) in [6.07, 6.45) is 0. The van der Waals surface area contributed by atoms with Crippen molar-refractivity contribution in [3.05, 3.63) is 53.0 Å². The Morgan fingerprint density at radius 1 is 1.19 bits per heavy atom. The van der Waals surface area contributed by atoms with Crippen molar-refractivity contribution >= 4 is 33.2 Å². The van der Waals surface area contributed by atoms with Crippen molar-refractivity contribution in [3.63, 3.8) is 0 Å². The SMILES string of the molecule is CC(C)(Oc1ccc(Br)cc1)C(=O)Nc1cccc(N)c1. The van der Waals surface area contributed by atoms with Crippen molar-refractivity contribution < 1.29 is 9.53 Å². The second-order valence-electron chi connectivity index (χ2n) is 5.15. The van der Waals surface area contributed by atoms with Crippen LogP contribution in [0.5, 0.6) is 5.75 Å². The minimum atomic E-state index is -1.00. The molecule has 0 aliphatic carbocycles. The second-order valence-corrected chi connectivity index (χ2v) is 6.06. The molecule has 0 aromatic heterocycles. The number of ether oxygens (including phenoxy) is 1. The second kappa shape index (κ2) is 6.18. The van der Waals surface area contributed by atoms with Crippen LogP contribution in [0.2, 0.25) is 0 Å². The molecule has 3 N–H and O–H groups in total. The summed E-state index contributed by atoms with van der Waals surface area (Å²) in [6, 6.07) is 14.4. The number of amides is 1. The highest BCUT2D eigenvalue weighted by Crippen LogP contribution is 2.22. The number of benzene rings is 2. The highest BCUT2D eigenvalue weighted by atomic mass is 79.9. The van der Waals surface area contributed by atoms with Crippen molar-refractivity contribution in [2.45, 2.75) is 19.4 Å². The first-order valence-corrected chi connectivity index (χ1v) is 7.28. The van der Waals surface area contributed by atoms with E-state index in [0.717, 1.165) is 4.47 Å². The Kier molecular flexibility index (Phi) is 4.53. The van der Waals surface area contributed by atoms with Gasteiger partial charge in [0.15, 0.2) is 5.60 Å². The molecule has 1 amide bonds. The maximum Gasteiger partial charge on any atom is 0.267 e. The standard InChI is InChI=1S/C16H17BrN2O2/c1-16(2,21-14-8-6-11(17)7-9-14)15(20)19-13-5-3-4-12(18)10-13/h3-10H,18H2,1-2H3,(H,19,20). The van der Waals surface area contributed by atoms with Gasteiger partial charge in [0.05, 0.1) is 0 Å². The number of anilines is 2. The molecule has 0 aliphatic rings. The van der Waals surface area contributed by atoms with E-state index in [1.54, 1.807) is 50.2 Å². The molecule has 4 nitrogen and oxygen atoms in total. The van der Waals surface area contributed by atoms with Crippen molar-refractivity contribution in [2.24, 2.45) is 0 Å². The third-order valence-corrected chi connectivity index (χ3v) is 3.41. The molecule has 5 heteroatoms. The third-order valence-electron chi connectivity index (χ3n) is 2.88. The number of hydrogen-bond acceptors (Lipinski definition) is 3. The van der Waals surface area contributed by atoms with Gasteiger partial charge in [-0.2, -0.15) is 0 Å². The summed E-state index contributed by atoms with van der Waals surface area (Å²) < 4.78 is 6.71. The summed E-state index contributed by atoms with van der Waals surface area (Å²) in [5.74, 6) is 0.391. The first kappa shape index (κ1) is 15.4. The number of nitrogens with two attached hydrogens (primary N) is 1. The van der Waals surface area contributed by atoms with Gasteiger partial charge < -0.3 is 15.8 Å². The lowest BCUT2D eigenvalue weighted by atomic mass is 10.1. The fourth-order valence-electron chi connectivity index (χ4n) is 1.74. The Balaban J connectivity index is 2.07. The average Bonchev–Trinajstić information content (AvgIpc) is 2.41. The summed E-state index contributed by atoms with van der Waals surface area (Å²) in [7, 11) is 0. The van der Waals surface area contributed by atoms with Crippen LogP contribution < -0.4 is 15.8 Å². The number of carbonyl (C=O) groups excluding carboxylic acids is 1. The molecule has 0 spiro atoms. The summed E-state index contributed by atoms with van der Waals surface area (Å²) in [5.41, 5.74) is 5.94. The van der Waals surface area contributed by atoms with E-state index in [0.29, 0.717) is 17.1 Å². The highest BCUT2D eigenvalue weighted by Gasteiger charge is 2.30. The summed E-state index contributed by atoms with van der Waals surface area (Å²) >= 11 is 3.36. The number of carbonyl (C=O) groups is 1. The van der Waals surface area contributed by atoms with Gasteiger partial charge in [0, 0.05) is 15.8 Å². The number of hydrogen-bond donors (Lipinski definition) is 2. The van der Waals surface area contributed by atoms with Gasteiger partial charge in [-0.1, -0.05) is 22.0 Å². The van der Waals surface area contributed by atoms with Crippen LogP contribution in [0, 0.1) is 0 Å². The molecule has 2 aromatic carbocycles. The smallest absolute Gasteiger partial charge is 0.267 e. The van der Waals surface area contributed by atoms with Gasteiger partial charge in [-0.3, -0.25) is 4.79 Å². The van der Waals surface area contributed by atoms with E-state index in [9.17, 15) is 4.79 Å². The van der Waals surface area contributed by atoms with Crippen LogP contribution in [0.3, 0.4) is 0 Å². The zero-order valence-electron chi connectivity index (χ0n) is 11.9. The fourth-order valence-corrected chi connectivity index (χ4v) is 2.01. The monoisotopic (exact) mass is 348 g/mol. The van der Waals surface area contributed by atoms with Crippen molar-refractivity contribution in [1.29, 1.82) is 0 Å². The molecule has 0 bridgehead atoms. The number of nitrogens with one attached hydrogen (secondary N) is 1. The van der Waals surface area contributed by atoms with Crippen LogP contribution in [0.25, 0.3) is 0 Å². The Morgan fingerprint density at radius 3 is 2.48 bits per heavy atom. The summed E-state index contributed by atoms with van der Waals surface area (Å²) in [4.78, 5) is 12.3. The Morgan fingerprint density at radius 2 is 1.86 bits per heavy atom. The molecule has 0 atom stereocenters. The van der Waals surface area contributed by atoms with Crippen LogP contribution >= 0.6 is 15.9 Å². The van der Waals surface area contributed by atoms with Gasteiger partial charge in [0.2, 0.25) is 0 Å². The summed E-state index contributed by atoms with van der Waals surface area (Å²) in [6.45, 7) is 3.44.